The summed E-state index contributed by atoms with van der Waals surface area (Å²) in [6.07, 6.45) is 7.06. The van der Waals surface area contributed by atoms with Gasteiger partial charge in [-0.05, 0) is 37.3 Å². The third kappa shape index (κ3) is 5.35. The molecule has 1 aromatic heterocycles. The van der Waals surface area contributed by atoms with Crippen LogP contribution < -0.4 is 10.6 Å². The summed E-state index contributed by atoms with van der Waals surface area (Å²) in [5.41, 5.74) is 2.70. The monoisotopic (exact) mass is 355 g/mol. The molecule has 1 heterocycles. The molecule has 2 rings (SSSR count). The van der Waals surface area contributed by atoms with E-state index < -0.39 is 0 Å². The predicted octanol–water partition coefficient (Wildman–Crippen LogP) is 3.28. The van der Waals surface area contributed by atoms with E-state index in [1.165, 1.54) is 11.1 Å². The quantitative estimate of drug-likeness (QED) is 0.536. The highest BCUT2D eigenvalue weighted by Crippen LogP contribution is 2.31. The summed E-state index contributed by atoms with van der Waals surface area (Å²) in [7, 11) is 1.95. The molecule has 0 aliphatic rings. The van der Waals surface area contributed by atoms with Gasteiger partial charge in [-0.3, -0.25) is 9.67 Å². The van der Waals surface area contributed by atoms with Crippen molar-refractivity contribution in [3.63, 3.8) is 0 Å². The maximum atomic E-state index is 4.91. The highest BCUT2D eigenvalue weighted by Gasteiger charge is 2.28. The Morgan fingerprint density at radius 3 is 2.42 bits per heavy atom. The van der Waals surface area contributed by atoms with Gasteiger partial charge in [-0.1, -0.05) is 44.2 Å². The van der Waals surface area contributed by atoms with Crippen molar-refractivity contribution in [2.75, 3.05) is 19.6 Å². The standard InChI is InChI=1S/C21H33N5/c1-5-21(6-2,19-11-9-8-10-12-19)17-24-20(22-7-3)23-14-13-18-15-25-26(4)16-18/h8-12,15-16H,5-7,13-14,17H2,1-4H3,(H2,22,23,24). The number of nitrogens with one attached hydrogen (secondary N) is 2. The second-order valence-electron chi connectivity index (χ2n) is 6.75. The first kappa shape index (κ1) is 20.0. The number of hydrogen-bond acceptors (Lipinski definition) is 2. The Labute approximate surface area is 157 Å². The lowest BCUT2D eigenvalue weighted by Crippen LogP contribution is -2.40. The maximum absolute atomic E-state index is 4.91. The van der Waals surface area contributed by atoms with Gasteiger partial charge < -0.3 is 10.6 Å². The number of nitrogens with zero attached hydrogens (tertiary/aromatic N) is 3. The van der Waals surface area contributed by atoms with Crippen molar-refractivity contribution in [3.8, 4) is 0 Å². The van der Waals surface area contributed by atoms with Crippen molar-refractivity contribution >= 4 is 5.96 Å². The van der Waals surface area contributed by atoms with E-state index in [1.54, 1.807) is 0 Å². The van der Waals surface area contributed by atoms with Gasteiger partial charge in [0.25, 0.3) is 0 Å². The van der Waals surface area contributed by atoms with Crippen LogP contribution in [0.25, 0.3) is 0 Å². The number of hydrogen-bond donors (Lipinski definition) is 2. The van der Waals surface area contributed by atoms with Gasteiger partial charge >= 0.3 is 0 Å². The van der Waals surface area contributed by atoms with E-state index in [0.717, 1.165) is 44.9 Å². The SMILES string of the molecule is CCNC(=NCC(CC)(CC)c1ccccc1)NCCc1cnn(C)c1. The van der Waals surface area contributed by atoms with Crippen molar-refractivity contribution in [2.24, 2.45) is 12.0 Å². The molecule has 0 radical (unpaired) electrons. The molecule has 0 aliphatic carbocycles. The predicted molar refractivity (Wildman–Crippen MR) is 110 cm³/mol. The summed E-state index contributed by atoms with van der Waals surface area (Å²) in [5.74, 6) is 0.888. The molecule has 1 aromatic carbocycles. The molecule has 5 heteroatoms. The molecule has 26 heavy (non-hydrogen) atoms. The summed E-state index contributed by atoms with van der Waals surface area (Å²) in [4.78, 5) is 4.91. The molecule has 0 spiro atoms. The first-order valence-corrected chi connectivity index (χ1v) is 9.68. The van der Waals surface area contributed by atoms with Gasteiger partial charge in [-0.2, -0.15) is 5.10 Å². The molecular weight excluding hydrogens is 322 g/mol. The summed E-state index contributed by atoms with van der Waals surface area (Å²) in [5, 5.41) is 11.0. The van der Waals surface area contributed by atoms with Gasteiger partial charge in [0.05, 0.1) is 12.7 Å². The van der Waals surface area contributed by atoms with E-state index in [1.807, 2.05) is 17.9 Å². The third-order valence-corrected chi connectivity index (χ3v) is 5.09. The van der Waals surface area contributed by atoms with Crippen molar-refractivity contribution < 1.29 is 0 Å². The molecule has 0 bridgehead atoms. The summed E-state index contributed by atoms with van der Waals surface area (Å²) < 4.78 is 1.84. The summed E-state index contributed by atoms with van der Waals surface area (Å²) in [6.45, 7) is 9.10. The normalized spacial score (nSPS) is 12.2. The molecule has 5 nitrogen and oxygen atoms in total. The molecule has 142 valence electrons. The lowest BCUT2D eigenvalue weighted by atomic mass is 9.76. The summed E-state index contributed by atoms with van der Waals surface area (Å²) in [6, 6.07) is 10.8. The molecule has 0 aliphatic heterocycles. The van der Waals surface area contributed by atoms with Crippen LogP contribution in [0.15, 0.2) is 47.7 Å². The van der Waals surface area contributed by atoms with Crippen molar-refractivity contribution in [1.29, 1.82) is 0 Å². The van der Waals surface area contributed by atoms with E-state index in [-0.39, 0.29) is 5.41 Å². The average molecular weight is 356 g/mol. The Morgan fingerprint density at radius 1 is 1.12 bits per heavy atom. The zero-order valence-corrected chi connectivity index (χ0v) is 16.6. The van der Waals surface area contributed by atoms with Crippen molar-refractivity contribution in [2.45, 2.75) is 45.4 Å². The van der Waals surface area contributed by atoms with Crippen LogP contribution in [-0.2, 0) is 18.9 Å². The minimum absolute atomic E-state index is 0.0902. The van der Waals surface area contributed by atoms with Crippen molar-refractivity contribution in [1.82, 2.24) is 20.4 Å². The fourth-order valence-electron chi connectivity index (χ4n) is 3.26. The zero-order chi connectivity index (χ0) is 18.8. The molecule has 2 N–H and O–H groups in total. The van der Waals surface area contributed by atoms with E-state index >= 15 is 0 Å². The third-order valence-electron chi connectivity index (χ3n) is 5.09. The number of guanidine groups is 1. The van der Waals surface area contributed by atoms with E-state index in [0.29, 0.717) is 0 Å². The number of benzene rings is 1. The fraction of sp³-hybridized carbons (Fsp3) is 0.524. The highest BCUT2D eigenvalue weighted by molar-refractivity contribution is 5.79. The van der Waals surface area contributed by atoms with Gasteiger partial charge in [0.2, 0.25) is 0 Å². The zero-order valence-electron chi connectivity index (χ0n) is 16.6. The largest absolute Gasteiger partial charge is 0.357 e. The number of aryl methyl sites for hydroxylation is 1. The smallest absolute Gasteiger partial charge is 0.191 e. The molecule has 0 unspecified atom stereocenters. The second kappa shape index (κ2) is 10.00. The Morgan fingerprint density at radius 2 is 1.85 bits per heavy atom. The van der Waals surface area contributed by atoms with Crippen LogP contribution in [0.3, 0.4) is 0 Å². The number of rotatable bonds is 9. The van der Waals surface area contributed by atoms with Gasteiger partial charge in [0.1, 0.15) is 0 Å². The van der Waals surface area contributed by atoms with E-state index in [2.05, 4.69) is 73.0 Å². The Bertz CT molecular complexity index is 671. The molecule has 2 aromatic rings. The van der Waals surface area contributed by atoms with Crippen LogP contribution in [0, 0.1) is 0 Å². The van der Waals surface area contributed by atoms with E-state index in [9.17, 15) is 0 Å². The molecule has 0 saturated carbocycles. The lowest BCUT2D eigenvalue weighted by Gasteiger charge is -2.31. The Balaban J connectivity index is 2.03. The maximum Gasteiger partial charge on any atom is 0.191 e. The first-order chi connectivity index (χ1) is 12.6. The number of aromatic nitrogens is 2. The lowest BCUT2D eigenvalue weighted by molar-refractivity contribution is 0.407. The molecule has 0 atom stereocenters. The van der Waals surface area contributed by atoms with Crippen LogP contribution in [0.4, 0.5) is 0 Å². The van der Waals surface area contributed by atoms with Gasteiger partial charge in [0, 0.05) is 31.7 Å². The average Bonchev–Trinajstić information content (AvgIpc) is 3.09. The van der Waals surface area contributed by atoms with E-state index in [4.69, 9.17) is 4.99 Å². The fourth-order valence-corrected chi connectivity index (χ4v) is 3.26. The Kier molecular flexibility index (Phi) is 7.70. The first-order valence-electron chi connectivity index (χ1n) is 9.68. The van der Waals surface area contributed by atoms with Crippen LogP contribution in [-0.4, -0.2) is 35.4 Å². The van der Waals surface area contributed by atoms with Crippen LogP contribution in [0.1, 0.15) is 44.7 Å². The molecular formula is C21H33N5. The highest BCUT2D eigenvalue weighted by atomic mass is 15.2. The van der Waals surface area contributed by atoms with Gasteiger partial charge in [-0.25, -0.2) is 0 Å². The molecule has 0 amide bonds. The number of aliphatic imine (C=N–C) groups is 1. The van der Waals surface area contributed by atoms with Gasteiger partial charge in [-0.15, -0.1) is 0 Å². The van der Waals surface area contributed by atoms with Crippen molar-refractivity contribution in [3.05, 3.63) is 53.9 Å². The topological polar surface area (TPSA) is 54.2 Å². The molecule has 0 fully saturated rings. The molecule has 0 saturated heterocycles. The van der Waals surface area contributed by atoms with Crippen LogP contribution in [0.2, 0.25) is 0 Å². The minimum atomic E-state index is 0.0902. The second-order valence-corrected chi connectivity index (χ2v) is 6.75. The van der Waals surface area contributed by atoms with Gasteiger partial charge in [0.15, 0.2) is 5.96 Å². The van der Waals surface area contributed by atoms with Crippen LogP contribution >= 0.6 is 0 Å². The minimum Gasteiger partial charge on any atom is -0.357 e. The Hall–Kier alpha value is -2.30. The van der Waals surface area contributed by atoms with Crippen LogP contribution in [0.5, 0.6) is 0 Å². The summed E-state index contributed by atoms with van der Waals surface area (Å²) >= 11 is 0.